The molecule has 1 aromatic carbocycles. The van der Waals surface area contributed by atoms with E-state index in [0.29, 0.717) is 24.5 Å². The van der Waals surface area contributed by atoms with Gasteiger partial charge in [0.25, 0.3) is 5.91 Å². The third-order valence-corrected chi connectivity index (χ3v) is 2.28. The van der Waals surface area contributed by atoms with Gasteiger partial charge in [-0.15, -0.1) is 0 Å². The molecule has 6 heteroatoms. The van der Waals surface area contributed by atoms with Gasteiger partial charge in [-0.1, -0.05) is 6.07 Å². The van der Waals surface area contributed by atoms with Crippen LogP contribution >= 0.6 is 0 Å². The lowest BCUT2D eigenvalue weighted by Gasteiger charge is -2.07. The van der Waals surface area contributed by atoms with Crippen LogP contribution in [0.4, 0.5) is 5.69 Å². The summed E-state index contributed by atoms with van der Waals surface area (Å²) in [6.45, 7) is 2.63. The van der Waals surface area contributed by atoms with E-state index in [-0.39, 0.29) is 24.8 Å². The number of hydrogen-bond acceptors (Lipinski definition) is 4. The van der Waals surface area contributed by atoms with Crippen molar-refractivity contribution in [3.63, 3.8) is 0 Å². The maximum atomic E-state index is 11.4. The second kappa shape index (κ2) is 7.97. The smallest absolute Gasteiger partial charge is 0.257 e. The van der Waals surface area contributed by atoms with E-state index < -0.39 is 0 Å². The van der Waals surface area contributed by atoms with Gasteiger partial charge in [-0.05, 0) is 19.1 Å². The average Bonchev–Trinajstić information content (AvgIpc) is 2.37. The molecule has 0 spiro atoms. The molecule has 1 rings (SSSR count). The molecule has 0 radical (unpaired) electrons. The number of rotatable bonds is 7. The Morgan fingerprint density at radius 1 is 1.26 bits per heavy atom. The van der Waals surface area contributed by atoms with Crippen LogP contribution < -0.4 is 21.1 Å². The zero-order valence-electron chi connectivity index (χ0n) is 10.9. The predicted molar refractivity (Wildman–Crippen MR) is 72.7 cm³/mol. The Labute approximate surface area is 112 Å². The molecule has 0 aliphatic heterocycles. The van der Waals surface area contributed by atoms with Crippen LogP contribution in [0.15, 0.2) is 24.3 Å². The monoisotopic (exact) mass is 265 g/mol. The molecular weight excluding hydrogens is 246 g/mol. The Kier molecular flexibility index (Phi) is 6.21. The summed E-state index contributed by atoms with van der Waals surface area (Å²) in [7, 11) is 0. The molecule has 2 amide bonds. The van der Waals surface area contributed by atoms with E-state index in [0.717, 1.165) is 0 Å². The van der Waals surface area contributed by atoms with Crippen LogP contribution in [0.3, 0.4) is 0 Å². The summed E-state index contributed by atoms with van der Waals surface area (Å²) in [6.07, 6.45) is 0.262. The fourth-order valence-electron chi connectivity index (χ4n) is 1.41. The molecule has 0 heterocycles. The van der Waals surface area contributed by atoms with Crippen molar-refractivity contribution >= 4 is 17.5 Å². The molecule has 104 valence electrons. The SMILES string of the molecule is CCNC(=O)CCNC(=O)COc1cccc(N)c1. The summed E-state index contributed by atoms with van der Waals surface area (Å²) in [6, 6.07) is 6.84. The second-order valence-corrected chi connectivity index (χ2v) is 3.91. The van der Waals surface area contributed by atoms with Crippen molar-refractivity contribution < 1.29 is 14.3 Å². The van der Waals surface area contributed by atoms with Crippen molar-refractivity contribution in [2.24, 2.45) is 0 Å². The van der Waals surface area contributed by atoms with E-state index in [1.165, 1.54) is 0 Å². The number of anilines is 1. The highest BCUT2D eigenvalue weighted by atomic mass is 16.5. The van der Waals surface area contributed by atoms with Crippen molar-refractivity contribution in [1.82, 2.24) is 10.6 Å². The first-order valence-electron chi connectivity index (χ1n) is 6.13. The lowest BCUT2D eigenvalue weighted by atomic mass is 10.3. The maximum Gasteiger partial charge on any atom is 0.257 e. The minimum Gasteiger partial charge on any atom is -0.484 e. The number of nitrogens with two attached hydrogens (primary N) is 1. The number of ether oxygens (including phenoxy) is 1. The largest absolute Gasteiger partial charge is 0.484 e. The lowest BCUT2D eigenvalue weighted by Crippen LogP contribution is -2.33. The molecule has 0 bridgehead atoms. The molecule has 4 N–H and O–H groups in total. The van der Waals surface area contributed by atoms with Crippen LogP contribution in [0.25, 0.3) is 0 Å². The molecule has 0 aliphatic carbocycles. The first-order valence-corrected chi connectivity index (χ1v) is 6.13. The van der Waals surface area contributed by atoms with Gasteiger partial charge in [-0.3, -0.25) is 9.59 Å². The number of benzene rings is 1. The molecule has 1 aromatic rings. The van der Waals surface area contributed by atoms with Crippen LogP contribution in [0.1, 0.15) is 13.3 Å². The number of amides is 2. The van der Waals surface area contributed by atoms with Gasteiger partial charge in [-0.25, -0.2) is 0 Å². The number of nitrogens with one attached hydrogen (secondary N) is 2. The van der Waals surface area contributed by atoms with Crippen molar-refractivity contribution in [2.45, 2.75) is 13.3 Å². The van der Waals surface area contributed by atoms with Gasteiger partial charge in [-0.2, -0.15) is 0 Å². The summed E-state index contributed by atoms with van der Waals surface area (Å²) in [5.74, 6) is 0.185. The first kappa shape index (κ1) is 14.8. The predicted octanol–water partition coefficient (Wildman–Crippen LogP) is 0.290. The quantitative estimate of drug-likeness (QED) is 0.618. The zero-order chi connectivity index (χ0) is 14.1. The molecule has 0 atom stereocenters. The van der Waals surface area contributed by atoms with Gasteiger partial charge in [0, 0.05) is 31.3 Å². The number of carbonyl (C=O) groups is 2. The summed E-state index contributed by atoms with van der Waals surface area (Å²) >= 11 is 0. The Balaban J connectivity index is 2.19. The molecular formula is C13H19N3O3. The third kappa shape index (κ3) is 6.30. The summed E-state index contributed by atoms with van der Waals surface area (Å²) in [4.78, 5) is 22.6. The van der Waals surface area contributed by atoms with E-state index in [1.807, 2.05) is 6.92 Å². The third-order valence-electron chi connectivity index (χ3n) is 2.28. The first-order chi connectivity index (χ1) is 9.11. The maximum absolute atomic E-state index is 11.4. The van der Waals surface area contributed by atoms with Crippen molar-refractivity contribution in [3.8, 4) is 5.75 Å². The zero-order valence-corrected chi connectivity index (χ0v) is 10.9. The van der Waals surface area contributed by atoms with E-state index in [1.54, 1.807) is 24.3 Å². The van der Waals surface area contributed by atoms with Crippen LogP contribution in [-0.2, 0) is 9.59 Å². The lowest BCUT2D eigenvalue weighted by molar-refractivity contribution is -0.123. The van der Waals surface area contributed by atoms with Crippen LogP contribution in [0.5, 0.6) is 5.75 Å². The topological polar surface area (TPSA) is 93.5 Å². The fraction of sp³-hybridized carbons (Fsp3) is 0.385. The molecule has 0 unspecified atom stereocenters. The highest BCUT2D eigenvalue weighted by molar-refractivity contribution is 5.79. The van der Waals surface area contributed by atoms with Gasteiger partial charge in [0.05, 0.1) is 0 Å². The van der Waals surface area contributed by atoms with Crippen molar-refractivity contribution in [3.05, 3.63) is 24.3 Å². The summed E-state index contributed by atoms with van der Waals surface area (Å²) < 4.78 is 5.26. The molecule has 6 nitrogen and oxygen atoms in total. The highest BCUT2D eigenvalue weighted by Crippen LogP contribution is 2.13. The van der Waals surface area contributed by atoms with E-state index in [4.69, 9.17) is 10.5 Å². The van der Waals surface area contributed by atoms with Crippen LogP contribution in [0, 0.1) is 0 Å². The van der Waals surface area contributed by atoms with Gasteiger partial charge in [0.1, 0.15) is 5.75 Å². The average molecular weight is 265 g/mol. The second-order valence-electron chi connectivity index (χ2n) is 3.91. The Morgan fingerprint density at radius 2 is 2.05 bits per heavy atom. The molecule has 19 heavy (non-hydrogen) atoms. The van der Waals surface area contributed by atoms with Gasteiger partial charge < -0.3 is 21.1 Å². The summed E-state index contributed by atoms with van der Waals surface area (Å²) in [5.41, 5.74) is 6.16. The summed E-state index contributed by atoms with van der Waals surface area (Å²) in [5, 5.41) is 5.25. The standard InChI is InChI=1S/C13H19N3O3/c1-2-15-12(17)6-7-16-13(18)9-19-11-5-3-4-10(14)8-11/h3-5,8H,2,6-7,9,14H2,1H3,(H,15,17)(H,16,18). The normalized spacial score (nSPS) is 9.74. The number of hydrogen-bond donors (Lipinski definition) is 3. The molecule has 0 aliphatic rings. The van der Waals surface area contributed by atoms with Gasteiger partial charge in [0.15, 0.2) is 6.61 Å². The van der Waals surface area contributed by atoms with E-state index in [2.05, 4.69) is 10.6 Å². The fourth-order valence-corrected chi connectivity index (χ4v) is 1.41. The van der Waals surface area contributed by atoms with E-state index >= 15 is 0 Å². The highest BCUT2D eigenvalue weighted by Gasteiger charge is 2.04. The number of carbonyl (C=O) groups excluding carboxylic acids is 2. The molecule has 0 fully saturated rings. The number of nitrogen functional groups attached to an aromatic ring is 1. The molecule has 0 aromatic heterocycles. The van der Waals surface area contributed by atoms with Crippen LogP contribution in [-0.4, -0.2) is 31.5 Å². The van der Waals surface area contributed by atoms with Crippen molar-refractivity contribution in [2.75, 3.05) is 25.4 Å². The van der Waals surface area contributed by atoms with E-state index in [9.17, 15) is 9.59 Å². The minimum atomic E-state index is -0.272. The Hall–Kier alpha value is -2.24. The van der Waals surface area contributed by atoms with Gasteiger partial charge >= 0.3 is 0 Å². The van der Waals surface area contributed by atoms with Crippen molar-refractivity contribution in [1.29, 1.82) is 0 Å². The van der Waals surface area contributed by atoms with Gasteiger partial charge in [0.2, 0.25) is 5.91 Å². The molecule has 0 saturated heterocycles. The minimum absolute atomic E-state index is 0.0837. The Bertz CT molecular complexity index is 435. The molecule has 0 saturated carbocycles. The van der Waals surface area contributed by atoms with Crippen LogP contribution in [0.2, 0.25) is 0 Å². The Morgan fingerprint density at radius 3 is 2.74 bits per heavy atom.